The largest absolute Gasteiger partial charge is 0.243 e. The second-order valence-electron chi connectivity index (χ2n) is 6.17. The Bertz CT molecular complexity index is 254. The van der Waals surface area contributed by atoms with Crippen molar-refractivity contribution >= 4 is 0 Å². The lowest BCUT2D eigenvalue weighted by molar-refractivity contribution is 0.219. The van der Waals surface area contributed by atoms with Crippen molar-refractivity contribution < 1.29 is 4.39 Å². The zero-order valence-electron chi connectivity index (χ0n) is 12.7. The average Bonchev–Trinajstić information content (AvgIpc) is 2.33. The van der Waals surface area contributed by atoms with Crippen molar-refractivity contribution in [3.05, 3.63) is 11.6 Å². The van der Waals surface area contributed by atoms with Crippen LogP contribution in [-0.4, -0.2) is 6.17 Å². The molecule has 18 heavy (non-hydrogen) atoms. The van der Waals surface area contributed by atoms with Crippen LogP contribution < -0.4 is 0 Å². The highest BCUT2D eigenvalue weighted by Gasteiger charge is 2.27. The first kappa shape index (κ1) is 15.7. The number of alkyl halides is 1. The van der Waals surface area contributed by atoms with Gasteiger partial charge in [-0.1, -0.05) is 58.1 Å². The van der Waals surface area contributed by atoms with Gasteiger partial charge in [-0.05, 0) is 43.9 Å². The molecule has 0 saturated heterocycles. The third-order valence-electron chi connectivity index (χ3n) is 4.66. The van der Waals surface area contributed by atoms with Gasteiger partial charge >= 0.3 is 0 Å². The van der Waals surface area contributed by atoms with Gasteiger partial charge in [-0.3, -0.25) is 0 Å². The average molecular weight is 254 g/mol. The molecule has 0 heterocycles. The third-order valence-corrected chi connectivity index (χ3v) is 4.66. The molecule has 0 bridgehead atoms. The van der Waals surface area contributed by atoms with Crippen LogP contribution in [0.25, 0.3) is 0 Å². The van der Waals surface area contributed by atoms with Crippen molar-refractivity contribution in [1.82, 2.24) is 0 Å². The van der Waals surface area contributed by atoms with Gasteiger partial charge in [0.25, 0.3) is 0 Å². The lowest BCUT2D eigenvalue weighted by atomic mass is 9.71. The van der Waals surface area contributed by atoms with Gasteiger partial charge in [0.15, 0.2) is 0 Å². The molecule has 0 radical (unpaired) electrons. The van der Waals surface area contributed by atoms with Gasteiger partial charge in [-0.2, -0.15) is 0 Å². The van der Waals surface area contributed by atoms with E-state index in [-0.39, 0.29) is 0 Å². The van der Waals surface area contributed by atoms with Gasteiger partial charge in [-0.25, -0.2) is 4.39 Å². The standard InChI is InChI=1S/C17H31F/c1-5-7-8-15(6-2)17-10-9-16(12-14(4)18)13(3)11-17/h12-15,17H,5-11H2,1-4H3/b16-12-/t13?,14-,15?,17?/m1/s1. The van der Waals surface area contributed by atoms with E-state index in [1.54, 1.807) is 6.92 Å². The van der Waals surface area contributed by atoms with Gasteiger partial charge in [0.2, 0.25) is 0 Å². The van der Waals surface area contributed by atoms with E-state index in [0.717, 1.165) is 18.3 Å². The van der Waals surface area contributed by atoms with E-state index in [4.69, 9.17) is 0 Å². The first-order chi connectivity index (χ1) is 8.58. The molecule has 1 saturated carbocycles. The fraction of sp³-hybridized carbons (Fsp3) is 0.882. The van der Waals surface area contributed by atoms with Crippen LogP contribution >= 0.6 is 0 Å². The van der Waals surface area contributed by atoms with Gasteiger partial charge in [0.05, 0.1) is 0 Å². The van der Waals surface area contributed by atoms with E-state index in [9.17, 15) is 4.39 Å². The van der Waals surface area contributed by atoms with E-state index >= 15 is 0 Å². The quantitative estimate of drug-likeness (QED) is 0.516. The molecule has 1 aliphatic carbocycles. The smallest absolute Gasteiger partial charge is 0.116 e. The normalized spacial score (nSPS) is 30.4. The fourth-order valence-electron chi connectivity index (χ4n) is 3.53. The maximum absolute atomic E-state index is 13.1. The van der Waals surface area contributed by atoms with Crippen LogP contribution in [0.1, 0.15) is 72.6 Å². The minimum absolute atomic E-state index is 0.595. The summed E-state index contributed by atoms with van der Waals surface area (Å²) >= 11 is 0. The van der Waals surface area contributed by atoms with Crippen LogP contribution in [0.4, 0.5) is 4.39 Å². The van der Waals surface area contributed by atoms with Crippen LogP contribution in [0.15, 0.2) is 11.6 Å². The number of unbranched alkanes of at least 4 members (excludes halogenated alkanes) is 1. The van der Waals surface area contributed by atoms with Crippen LogP contribution in [0.3, 0.4) is 0 Å². The number of hydrogen-bond donors (Lipinski definition) is 0. The lowest BCUT2D eigenvalue weighted by Crippen LogP contribution is -2.23. The van der Waals surface area contributed by atoms with Crippen LogP contribution in [0, 0.1) is 17.8 Å². The molecule has 0 aliphatic heterocycles. The van der Waals surface area contributed by atoms with E-state index < -0.39 is 6.17 Å². The molecule has 0 aromatic carbocycles. The molecule has 1 heteroatoms. The zero-order chi connectivity index (χ0) is 13.5. The highest BCUT2D eigenvalue weighted by atomic mass is 19.1. The van der Waals surface area contributed by atoms with Crippen molar-refractivity contribution in [2.75, 3.05) is 0 Å². The topological polar surface area (TPSA) is 0 Å². The minimum Gasteiger partial charge on any atom is -0.243 e. The predicted octanol–water partition coefficient (Wildman–Crippen LogP) is 5.92. The van der Waals surface area contributed by atoms with E-state index in [1.807, 2.05) is 6.08 Å². The molecule has 4 atom stereocenters. The number of rotatable bonds is 6. The molecule has 0 N–H and O–H groups in total. The highest BCUT2D eigenvalue weighted by molar-refractivity contribution is 5.11. The molecule has 0 nitrogen and oxygen atoms in total. The van der Waals surface area contributed by atoms with Crippen LogP contribution in [0.5, 0.6) is 0 Å². The molecule has 0 amide bonds. The number of allylic oxidation sites excluding steroid dienone is 2. The van der Waals surface area contributed by atoms with Crippen molar-refractivity contribution in [3.8, 4) is 0 Å². The Labute approximate surface area is 113 Å². The van der Waals surface area contributed by atoms with Crippen LogP contribution in [0.2, 0.25) is 0 Å². The Kier molecular flexibility index (Phi) is 6.96. The van der Waals surface area contributed by atoms with Gasteiger partial charge in [0, 0.05) is 0 Å². The summed E-state index contributed by atoms with van der Waals surface area (Å²) in [4.78, 5) is 0. The Morgan fingerprint density at radius 2 is 2.11 bits per heavy atom. The molecular formula is C17H31F. The van der Waals surface area contributed by atoms with Crippen molar-refractivity contribution in [3.63, 3.8) is 0 Å². The molecule has 1 fully saturated rings. The minimum atomic E-state index is -0.777. The first-order valence-corrected chi connectivity index (χ1v) is 7.93. The second kappa shape index (κ2) is 7.96. The summed E-state index contributed by atoms with van der Waals surface area (Å²) < 4.78 is 13.1. The molecule has 0 aromatic heterocycles. The van der Waals surface area contributed by atoms with Crippen molar-refractivity contribution in [2.24, 2.45) is 17.8 Å². The summed E-state index contributed by atoms with van der Waals surface area (Å²) in [5.41, 5.74) is 1.37. The molecule has 0 aromatic rings. The van der Waals surface area contributed by atoms with Gasteiger partial charge in [-0.15, -0.1) is 0 Å². The summed E-state index contributed by atoms with van der Waals surface area (Å²) in [6, 6.07) is 0. The molecule has 1 aliphatic rings. The van der Waals surface area contributed by atoms with E-state index in [1.165, 1.54) is 44.1 Å². The summed E-state index contributed by atoms with van der Waals surface area (Å²) in [7, 11) is 0. The fourth-order valence-corrected chi connectivity index (χ4v) is 3.53. The Balaban J connectivity index is 2.53. The van der Waals surface area contributed by atoms with Crippen molar-refractivity contribution in [1.29, 1.82) is 0 Å². The molecule has 0 spiro atoms. The summed E-state index contributed by atoms with van der Waals surface area (Å²) in [6.07, 6.45) is 10.2. The van der Waals surface area contributed by atoms with Gasteiger partial charge < -0.3 is 0 Å². The number of hydrogen-bond acceptors (Lipinski definition) is 0. The third kappa shape index (κ3) is 4.74. The van der Waals surface area contributed by atoms with Crippen molar-refractivity contribution in [2.45, 2.75) is 78.8 Å². The van der Waals surface area contributed by atoms with E-state index in [0.29, 0.717) is 5.92 Å². The molecule has 3 unspecified atom stereocenters. The summed E-state index contributed by atoms with van der Waals surface area (Å²) in [5.74, 6) is 2.37. The Morgan fingerprint density at radius 1 is 1.39 bits per heavy atom. The monoisotopic (exact) mass is 254 g/mol. The maximum atomic E-state index is 13.1. The van der Waals surface area contributed by atoms with E-state index in [2.05, 4.69) is 20.8 Å². The highest BCUT2D eigenvalue weighted by Crippen LogP contribution is 2.40. The van der Waals surface area contributed by atoms with Gasteiger partial charge in [0.1, 0.15) is 6.17 Å². The maximum Gasteiger partial charge on any atom is 0.116 e. The van der Waals surface area contributed by atoms with Crippen LogP contribution in [-0.2, 0) is 0 Å². The lowest BCUT2D eigenvalue weighted by Gasteiger charge is -2.35. The Morgan fingerprint density at radius 3 is 2.61 bits per heavy atom. The number of halogens is 1. The Hall–Kier alpha value is -0.330. The SMILES string of the molecule is CCCCC(CC)C1CC/C(=C/[C@@H](C)F)C(C)C1. The molecule has 1 rings (SSSR count). The zero-order valence-corrected chi connectivity index (χ0v) is 12.7. The first-order valence-electron chi connectivity index (χ1n) is 7.93. The summed E-state index contributed by atoms with van der Waals surface area (Å²) in [6.45, 7) is 8.54. The summed E-state index contributed by atoms with van der Waals surface area (Å²) in [5, 5.41) is 0. The second-order valence-corrected chi connectivity index (χ2v) is 6.17. The molecule has 106 valence electrons. The predicted molar refractivity (Wildman–Crippen MR) is 78.5 cm³/mol. The molecular weight excluding hydrogens is 223 g/mol.